The van der Waals surface area contributed by atoms with Crippen molar-refractivity contribution < 1.29 is 9.47 Å². The fourth-order valence-electron chi connectivity index (χ4n) is 3.97. The van der Waals surface area contributed by atoms with Crippen LogP contribution in [0.5, 0.6) is 11.5 Å². The Bertz CT molecular complexity index is 1150. The summed E-state index contributed by atoms with van der Waals surface area (Å²) in [7, 11) is 2.08. The van der Waals surface area contributed by atoms with Crippen molar-refractivity contribution in [3.63, 3.8) is 0 Å². The number of ether oxygens (including phenoxy) is 2. The lowest BCUT2D eigenvalue weighted by molar-refractivity contribution is 0.418. The second kappa shape index (κ2) is 12.1. The third-order valence-corrected chi connectivity index (χ3v) is 11.4. The average Bonchev–Trinajstić information content (AvgIpc) is 2.87. The van der Waals surface area contributed by atoms with Gasteiger partial charge in [0, 0.05) is 20.7 Å². The van der Waals surface area contributed by atoms with Crippen LogP contribution in [0.2, 0.25) is 10.0 Å². The van der Waals surface area contributed by atoms with Crippen molar-refractivity contribution >= 4 is 60.3 Å². The molecule has 0 heterocycles. The van der Waals surface area contributed by atoms with Gasteiger partial charge >= 0.3 is 0 Å². The zero-order chi connectivity index (χ0) is 23.9. The van der Waals surface area contributed by atoms with Crippen LogP contribution in [0.25, 0.3) is 0 Å². The van der Waals surface area contributed by atoms with E-state index in [2.05, 4.69) is 48.5 Å². The van der Waals surface area contributed by atoms with Gasteiger partial charge in [-0.3, -0.25) is 0 Å². The Balaban J connectivity index is 1.76. The molecule has 0 aliphatic heterocycles. The van der Waals surface area contributed by atoms with Crippen molar-refractivity contribution in [3.05, 3.63) is 107 Å². The van der Waals surface area contributed by atoms with Gasteiger partial charge < -0.3 is 9.47 Å². The molecular weight excluding hydrogens is 501 g/mol. The van der Waals surface area contributed by atoms with Crippen LogP contribution in [0.15, 0.2) is 97.1 Å². The number of methoxy groups -OCH3 is 2. The monoisotopic (exact) mass is 526 g/mol. The van der Waals surface area contributed by atoms with E-state index in [0.29, 0.717) is 0 Å². The SMILES string of the molecule is COc1ccccc1P(CCP(c1cccc(Cl)c1)c1ccccc1OC)c1cccc(Cl)c1. The highest BCUT2D eigenvalue weighted by molar-refractivity contribution is 7.76. The molecule has 0 spiro atoms. The second-order valence-corrected chi connectivity index (χ2v) is 13.1. The Hall–Kier alpha value is -2.08. The van der Waals surface area contributed by atoms with Gasteiger partial charge in [0.25, 0.3) is 0 Å². The van der Waals surface area contributed by atoms with E-state index < -0.39 is 15.8 Å². The first-order valence-corrected chi connectivity index (χ1v) is 14.7. The maximum Gasteiger partial charge on any atom is 0.126 e. The summed E-state index contributed by atoms with van der Waals surface area (Å²) in [4.78, 5) is 0. The first-order chi connectivity index (χ1) is 16.6. The van der Waals surface area contributed by atoms with Gasteiger partial charge in [0.1, 0.15) is 11.5 Å². The van der Waals surface area contributed by atoms with Crippen LogP contribution >= 0.6 is 39.0 Å². The van der Waals surface area contributed by atoms with E-state index in [9.17, 15) is 0 Å². The maximum absolute atomic E-state index is 6.41. The highest BCUT2D eigenvalue weighted by atomic mass is 35.5. The van der Waals surface area contributed by atoms with Crippen LogP contribution in [0.1, 0.15) is 0 Å². The zero-order valence-electron chi connectivity index (χ0n) is 19.1. The highest BCUT2D eigenvalue weighted by Gasteiger charge is 2.23. The average molecular weight is 527 g/mol. The third kappa shape index (κ3) is 5.94. The van der Waals surface area contributed by atoms with Crippen LogP contribution in [-0.2, 0) is 0 Å². The zero-order valence-corrected chi connectivity index (χ0v) is 22.4. The summed E-state index contributed by atoms with van der Waals surface area (Å²) < 4.78 is 11.5. The molecule has 0 N–H and O–H groups in total. The van der Waals surface area contributed by atoms with Crippen molar-refractivity contribution in [2.45, 2.75) is 0 Å². The van der Waals surface area contributed by atoms with E-state index in [4.69, 9.17) is 32.7 Å². The summed E-state index contributed by atoms with van der Waals surface area (Å²) >= 11 is 12.8. The van der Waals surface area contributed by atoms with Crippen molar-refractivity contribution in [2.24, 2.45) is 0 Å². The van der Waals surface area contributed by atoms with Gasteiger partial charge in [-0.2, -0.15) is 0 Å². The fourth-order valence-corrected chi connectivity index (χ4v) is 10.2. The van der Waals surface area contributed by atoms with Gasteiger partial charge in [-0.25, -0.2) is 0 Å². The van der Waals surface area contributed by atoms with Gasteiger partial charge in [-0.15, -0.1) is 0 Å². The van der Waals surface area contributed by atoms with E-state index in [0.717, 1.165) is 33.9 Å². The Morgan fingerprint density at radius 3 is 1.35 bits per heavy atom. The topological polar surface area (TPSA) is 18.5 Å². The molecule has 0 radical (unpaired) electrons. The maximum atomic E-state index is 6.41. The molecule has 2 unspecified atom stereocenters. The molecule has 4 rings (SSSR count). The molecule has 0 amide bonds. The Morgan fingerprint density at radius 2 is 0.971 bits per heavy atom. The van der Waals surface area contributed by atoms with E-state index in [1.807, 2.05) is 48.5 Å². The van der Waals surface area contributed by atoms with Crippen LogP contribution in [0.4, 0.5) is 0 Å². The number of benzene rings is 4. The van der Waals surface area contributed by atoms with Crippen molar-refractivity contribution in [1.29, 1.82) is 0 Å². The Labute approximate surface area is 214 Å². The van der Waals surface area contributed by atoms with Crippen LogP contribution < -0.4 is 30.7 Å². The summed E-state index contributed by atoms with van der Waals surface area (Å²) in [5.74, 6) is 1.83. The molecule has 4 aromatic rings. The number of para-hydroxylation sites is 2. The van der Waals surface area contributed by atoms with Crippen LogP contribution in [0.3, 0.4) is 0 Å². The molecule has 2 atom stereocenters. The summed E-state index contributed by atoms with van der Waals surface area (Å²) in [6.45, 7) is 0. The minimum Gasteiger partial charge on any atom is -0.496 e. The fraction of sp³-hybridized carbons (Fsp3) is 0.143. The first-order valence-electron chi connectivity index (χ1n) is 10.9. The van der Waals surface area contributed by atoms with E-state index in [-0.39, 0.29) is 0 Å². The highest BCUT2D eigenvalue weighted by Crippen LogP contribution is 2.44. The lowest BCUT2D eigenvalue weighted by atomic mass is 10.3. The molecule has 0 bridgehead atoms. The Morgan fingerprint density at radius 1 is 0.559 bits per heavy atom. The molecule has 6 heteroatoms. The molecule has 0 saturated heterocycles. The van der Waals surface area contributed by atoms with Gasteiger partial charge in [0.05, 0.1) is 14.2 Å². The predicted octanol–water partition coefficient (Wildman–Crippen LogP) is 6.58. The number of hydrogen-bond acceptors (Lipinski definition) is 2. The van der Waals surface area contributed by atoms with Crippen molar-refractivity contribution in [1.82, 2.24) is 0 Å². The minimum absolute atomic E-state index is 0.696. The lowest BCUT2D eigenvalue weighted by Gasteiger charge is -2.26. The number of hydrogen-bond donors (Lipinski definition) is 0. The molecule has 34 heavy (non-hydrogen) atoms. The molecule has 2 nitrogen and oxygen atoms in total. The largest absolute Gasteiger partial charge is 0.496 e. The molecule has 0 fully saturated rings. The smallest absolute Gasteiger partial charge is 0.126 e. The van der Waals surface area contributed by atoms with Gasteiger partial charge in [-0.05, 0) is 75.2 Å². The Kier molecular flexibility index (Phi) is 8.87. The molecule has 0 aromatic heterocycles. The summed E-state index contributed by atoms with van der Waals surface area (Å²) in [6.07, 6.45) is 1.96. The molecule has 174 valence electrons. The van der Waals surface area contributed by atoms with Crippen LogP contribution in [-0.4, -0.2) is 26.5 Å². The molecule has 0 aliphatic rings. The minimum atomic E-state index is -0.696. The van der Waals surface area contributed by atoms with Crippen molar-refractivity contribution in [2.75, 3.05) is 26.5 Å². The normalized spacial score (nSPS) is 12.7. The van der Waals surface area contributed by atoms with Gasteiger partial charge in [0.2, 0.25) is 0 Å². The lowest BCUT2D eigenvalue weighted by Crippen LogP contribution is -2.21. The molecular formula is C28H26Cl2O2P2. The summed E-state index contributed by atoms with van der Waals surface area (Å²) in [5, 5.41) is 6.44. The van der Waals surface area contributed by atoms with Gasteiger partial charge in [0.15, 0.2) is 0 Å². The third-order valence-electron chi connectivity index (χ3n) is 5.54. The quantitative estimate of drug-likeness (QED) is 0.229. The predicted molar refractivity (Wildman–Crippen MR) is 151 cm³/mol. The van der Waals surface area contributed by atoms with Crippen LogP contribution in [0, 0.1) is 0 Å². The molecule has 0 aliphatic carbocycles. The van der Waals surface area contributed by atoms with Crippen molar-refractivity contribution in [3.8, 4) is 11.5 Å². The summed E-state index contributed by atoms with van der Waals surface area (Å²) in [5.41, 5.74) is 0. The van der Waals surface area contributed by atoms with E-state index in [1.54, 1.807) is 14.2 Å². The van der Waals surface area contributed by atoms with E-state index in [1.165, 1.54) is 21.2 Å². The summed E-state index contributed by atoms with van der Waals surface area (Å²) in [6, 6.07) is 33.1. The second-order valence-electron chi connectivity index (χ2n) is 7.61. The number of rotatable bonds is 9. The molecule has 0 saturated carbocycles. The molecule has 4 aromatic carbocycles. The standard InChI is InChI=1S/C28H26Cl2O2P2/c1-31-25-13-3-5-15-27(25)33(23-11-7-9-21(29)19-23)17-18-34(24-12-8-10-22(30)20-24)28-16-6-4-14-26(28)32-2/h3-16,19-20H,17-18H2,1-2H3. The first kappa shape index (κ1) is 25.0. The van der Waals surface area contributed by atoms with Gasteiger partial charge in [-0.1, -0.05) is 83.9 Å². The van der Waals surface area contributed by atoms with E-state index >= 15 is 0 Å². The number of halogens is 2.